The summed E-state index contributed by atoms with van der Waals surface area (Å²) in [5.74, 6) is -0.343. The highest BCUT2D eigenvalue weighted by atomic mass is 19.4. The van der Waals surface area contributed by atoms with Crippen LogP contribution in [0.2, 0.25) is 0 Å². The number of fused-ring (bicyclic) bond motifs is 1. The zero-order valence-corrected chi connectivity index (χ0v) is 17.0. The van der Waals surface area contributed by atoms with E-state index in [9.17, 15) is 22.4 Å². The zero-order chi connectivity index (χ0) is 22.6. The number of carbonyl (C=O) groups excluding carboxylic acids is 1. The number of halogens is 4. The van der Waals surface area contributed by atoms with Crippen LogP contribution in [0.1, 0.15) is 40.4 Å². The highest BCUT2D eigenvalue weighted by Crippen LogP contribution is 2.42. The first-order valence-electron chi connectivity index (χ1n) is 10.0. The van der Waals surface area contributed by atoms with E-state index in [4.69, 9.17) is 4.74 Å². The number of carbonyl (C=O) groups is 1. The number of aromatic nitrogens is 3. The van der Waals surface area contributed by atoms with Gasteiger partial charge in [-0.2, -0.15) is 18.3 Å². The molecular weight excluding hydrogens is 428 g/mol. The molecular formula is C22H18F4N4O2. The summed E-state index contributed by atoms with van der Waals surface area (Å²) in [5.41, 5.74) is 2.42. The molecule has 32 heavy (non-hydrogen) atoms. The van der Waals surface area contributed by atoms with Crippen molar-refractivity contribution in [2.45, 2.75) is 31.5 Å². The molecule has 0 unspecified atom stereocenters. The number of pyridine rings is 1. The number of hydrogen-bond donors (Lipinski definition) is 0. The van der Waals surface area contributed by atoms with Crippen LogP contribution in [0.5, 0.6) is 5.75 Å². The van der Waals surface area contributed by atoms with E-state index < -0.39 is 18.6 Å². The number of anilines is 1. The first-order valence-corrected chi connectivity index (χ1v) is 10.0. The number of nitrogens with zero attached hydrogens (tertiary/aromatic N) is 4. The third-order valence-corrected chi connectivity index (χ3v) is 5.61. The Hall–Kier alpha value is -3.43. The molecule has 2 aromatic heterocycles. The zero-order valence-electron chi connectivity index (χ0n) is 17.0. The predicted molar refractivity (Wildman–Crippen MR) is 107 cm³/mol. The van der Waals surface area contributed by atoms with Gasteiger partial charge in [0.15, 0.2) is 12.4 Å². The summed E-state index contributed by atoms with van der Waals surface area (Å²) in [4.78, 5) is 18.9. The van der Waals surface area contributed by atoms with Crippen LogP contribution < -0.4 is 9.64 Å². The quantitative estimate of drug-likeness (QED) is 0.538. The Balaban J connectivity index is 1.52. The van der Waals surface area contributed by atoms with Crippen molar-refractivity contribution in [3.8, 4) is 17.0 Å². The lowest BCUT2D eigenvalue weighted by atomic mass is 10.0. The van der Waals surface area contributed by atoms with E-state index in [1.165, 1.54) is 17.2 Å². The number of aryl methyl sites for hydroxylation is 1. The standard InChI is InChI=1S/C22H18F4N4O2/c1-29-17(12-2-3-12)9-19(28-29)30-10-16-14(21(30)31)6-7-27-20(16)15-5-4-13(23)8-18(15)32-11-22(24,25)26/h4-9,12H,2-3,10-11H2,1H3. The van der Waals surface area contributed by atoms with E-state index in [1.54, 1.807) is 10.7 Å². The molecule has 1 aliphatic heterocycles. The molecule has 0 N–H and O–H groups in total. The van der Waals surface area contributed by atoms with Gasteiger partial charge in [-0.3, -0.25) is 19.4 Å². The van der Waals surface area contributed by atoms with Crippen LogP contribution in [0.4, 0.5) is 23.4 Å². The van der Waals surface area contributed by atoms with Gasteiger partial charge in [0.05, 0.1) is 12.2 Å². The molecule has 0 atom stereocenters. The van der Waals surface area contributed by atoms with Gasteiger partial charge in [-0.25, -0.2) is 4.39 Å². The highest BCUT2D eigenvalue weighted by molar-refractivity contribution is 6.10. The average molecular weight is 446 g/mol. The maximum Gasteiger partial charge on any atom is 0.422 e. The van der Waals surface area contributed by atoms with Gasteiger partial charge in [0.1, 0.15) is 11.6 Å². The van der Waals surface area contributed by atoms with Crippen molar-refractivity contribution in [2.24, 2.45) is 7.05 Å². The summed E-state index contributed by atoms with van der Waals surface area (Å²) in [7, 11) is 1.83. The van der Waals surface area contributed by atoms with E-state index in [-0.39, 0.29) is 29.5 Å². The van der Waals surface area contributed by atoms with E-state index in [1.807, 2.05) is 13.1 Å². The highest BCUT2D eigenvalue weighted by Gasteiger charge is 2.36. The minimum absolute atomic E-state index is 0.147. The van der Waals surface area contributed by atoms with Gasteiger partial charge in [0.25, 0.3) is 5.91 Å². The molecule has 1 aromatic carbocycles. The molecule has 1 saturated carbocycles. The fraction of sp³-hybridized carbons (Fsp3) is 0.318. The summed E-state index contributed by atoms with van der Waals surface area (Å²) in [6.45, 7) is -1.42. The predicted octanol–water partition coefficient (Wildman–Crippen LogP) is 4.60. The Morgan fingerprint density at radius 2 is 1.94 bits per heavy atom. The second-order valence-corrected chi connectivity index (χ2v) is 7.95. The van der Waals surface area contributed by atoms with Crippen LogP contribution in [0.15, 0.2) is 36.5 Å². The van der Waals surface area contributed by atoms with Gasteiger partial charge in [-0.05, 0) is 31.0 Å². The molecule has 166 valence electrons. The Kier molecular flexibility index (Phi) is 4.68. The Morgan fingerprint density at radius 3 is 2.66 bits per heavy atom. The Bertz CT molecular complexity index is 1220. The summed E-state index contributed by atoms with van der Waals surface area (Å²) >= 11 is 0. The second kappa shape index (κ2) is 7.32. The number of alkyl halides is 3. The normalized spacial score (nSPS) is 15.9. The number of ether oxygens (including phenoxy) is 1. The minimum atomic E-state index is -4.58. The van der Waals surface area contributed by atoms with Crippen molar-refractivity contribution in [2.75, 3.05) is 11.5 Å². The van der Waals surface area contributed by atoms with Gasteiger partial charge in [0.2, 0.25) is 0 Å². The maximum absolute atomic E-state index is 13.8. The molecule has 1 amide bonds. The van der Waals surface area contributed by atoms with Crippen molar-refractivity contribution < 1.29 is 27.1 Å². The van der Waals surface area contributed by atoms with E-state index in [2.05, 4.69) is 10.1 Å². The molecule has 3 aromatic rings. The summed E-state index contributed by atoms with van der Waals surface area (Å²) in [6, 6.07) is 6.77. The van der Waals surface area contributed by atoms with Gasteiger partial charge >= 0.3 is 6.18 Å². The van der Waals surface area contributed by atoms with Crippen molar-refractivity contribution >= 4 is 11.7 Å². The lowest BCUT2D eigenvalue weighted by Gasteiger charge is -2.15. The number of hydrogen-bond acceptors (Lipinski definition) is 4. The molecule has 0 saturated heterocycles. The Morgan fingerprint density at radius 1 is 1.16 bits per heavy atom. The summed E-state index contributed by atoms with van der Waals surface area (Å²) in [5, 5.41) is 4.48. The van der Waals surface area contributed by atoms with Crippen molar-refractivity contribution in [3.63, 3.8) is 0 Å². The number of rotatable bonds is 5. The molecule has 0 bridgehead atoms. The molecule has 3 heterocycles. The monoisotopic (exact) mass is 446 g/mol. The topological polar surface area (TPSA) is 60.3 Å². The first-order chi connectivity index (χ1) is 15.2. The van der Waals surface area contributed by atoms with Gasteiger partial charge in [-0.1, -0.05) is 0 Å². The lowest BCUT2D eigenvalue weighted by Crippen LogP contribution is -2.23. The SMILES string of the molecule is Cn1nc(N2Cc3c(ccnc3-c3ccc(F)cc3OCC(F)(F)F)C2=O)cc1C1CC1. The summed E-state index contributed by atoms with van der Waals surface area (Å²) < 4.78 is 58.5. The lowest BCUT2D eigenvalue weighted by molar-refractivity contribution is -0.153. The molecule has 1 aliphatic carbocycles. The van der Waals surface area contributed by atoms with E-state index in [0.29, 0.717) is 22.9 Å². The van der Waals surface area contributed by atoms with E-state index in [0.717, 1.165) is 30.7 Å². The van der Waals surface area contributed by atoms with Crippen molar-refractivity contribution in [3.05, 3.63) is 59.2 Å². The first kappa shape index (κ1) is 20.5. The Labute approximate surface area is 180 Å². The van der Waals surface area contributed by atoms with Gasteiger partial charge in [-0.15, -0.1) is 0 Å². The molecule has 10 heteroatoms. The fourth-order valence-corrected chi connectivity index (χ4v) is 3.98. The summed E-state index contributed by atoms with van der Waals surface area (Å²) in [6.07, 6.45) is -1.000. The van der Waals surface area contributed by atoms with Gasteiger partial charge in [0, 0.05) is 53.7 Å². The number of amides is 1. The molecule has 5 rings (SSSR count). The molecule has 1 fully saturated rings. The molecule has 0 radical (unpaired) electrons. The van der Waals surface area contributed by atoms with E-state index >= 15 is 0 Å². The smallest absolute Gasteiger partial charge is 0.422 e. The van der Waals surface area contributed by atoms with Crippen LogP contribution in [-0.2, 0) is 13.6 Å². The third-order valence-electron chi connectivity index (χ3n) is 5.61. The van der Waals surface area contributed by atoms with Crippen LogP contribution in [0.25, 0.3) is 11.3 Å². The maximum atomic E-state index is 13.8. The van der Waals surface area contributed by atoms with Crippen LogP contribution in [0.3, 0.4) is 0 Å². The molecule has 0 spiro atoms. The second-order valence-electron chi connectivity index (χ2n) is 7.95. The van der Waals surface area contributed by atoms with Crippen molar-refractivity contribution in [1.82, 2.24) is 14.8 Å². The third kappa shape index (κ3) is 3.69. The van der Waals surface area contributed by atoms with Crippen LogP contribution >= 0.6 is 0 Å². The minimum Gasteiger partial charge on any atom is -0.483 e. The van der Waals surface area contributed by atoms with Crippen LogP contribution in [-0.4, -0.2) is 33.5 Å². The number of benzene rings is 1. The molecule has 6 nitrogen and oxygen atoms in total. The van der Waals surface area contributed by atoms with Crippen LogP contribution in [0, 0.1) is 5.82 Å². The van der Waals surface area contributed by atoms with Gasteiger partial charge < -0.3 is 4.74 Å². The average Bonchev–Trinajstić information content (AvgIpc) is 3.43. The van der Waals surface area contributed by atoms with Crippen molar-refractivity contribution in [1.29, 1.82) is 0 Å². The fourth-order valence-electron chi connectivity index (χ4n) is 3.98. The molecule has 2 aliphatic rings. The largest absolute Gasteiger partial charge is 0.483 e.